The third kappa shape index (κ3) is 2.84. The molecule has 1 heterocycles. The van der Waals surface area contributed by atoms with Crippen LogP contribution in [0.2, 0.25) is 5.02 Å². The minimum atomic E-state index is -4.53. The van der Waals surface area contributed by atoms with E-state index in [-0.39, 0.29) is 0 Å². The number of pyridine rings is 1. The minimum absolute atomic E-state index is 0.391. The highest BCUT2D eigenvalue weighted by Gasteiger charge is 2.30. The summed E-state index contributed by atoms with van der Waals surface area (Å²) in [5.41, 5.74) is -1.02. The number of nitro groups is 1. The van der Waals surface area contributed by atoms with Crippen LogP contribution in [0.1, 0.15) is 12.0 Å². The molecule has 0 atom stereocenters. The van der Waals surface area contributed by atoms with Gasteiger partial charge in [0.2, 0.25) is 0 Å². The number of sulfonamides is 1. The van der Waals surface area contributed by atoms with E-state index in [1.54, 1.807) is 0 Å². The molecule has 17 heavy (non-hydrogen) atoms. The Bertz CT molecular complexity index is 577. The van der Waals surface area contributed by atoms with E-state index >= 15 is 0 Å². The molecule has 7 nitrogen and oxygen atoms in total. The van der Waals surface area contributed by atoms with Gasteiger partial charge in [0.05, 0.1) is 5.56 Å². The summed E-state index contributed by atoms with van der Waals surface area (Å²) in [5.74, 6) is -1.08. The molecule has 0 spiro atoms. The van der Waals surface area contributed by atoms with Gasteiger partial charge in [0.25, 0.3) is 21.5 Å². The molecule has 1 rings (SSSR count). The maximum Gasteiger partial charge on any atom is 0.365 e. The molecule has 1 aromatic rings. The average molecular weight is 288 g/mol. The van der Waals surface area contributed by atoms with Gasteiger partial charge in [-0.2, -0.15) is 0 Å². The Morgan fingerprint density at radius 1 is 1.53 bits per heavy atom. The van der Waals surface area contributed by atoms with Crippen LogP contribution in [0, 0.1) is 10.1 Å². The van der Waals surface area contributed by atoms with Crippen LogP contribution in [0.15, 0.2) is 11.1 Å². The normalized spacial score (nSPS) is 11.8. The minimum Gasteiger partial charge on any atom is -0.358 e. The summed E-state index contributed by atoms with van der Waals surface area (Å²) in [7, 11) is -4.53. The zero-order valence-electron chi connectivity index (χ0n) is 7.80. The van der Waals surface area contributed by atoms with Crippen LogP contribution in [0.3, 0.4) is 0 Å². The fourth-order valence-electron chi connectivity index (χ4n) is 0.952. The Hall–Kier alpha value is -1.39. The van der Waals surface area contributed by atoms with Crippen molar-refractivity contribution in [3.8, 4) is 0 Å². The Morgan fingerprint density at radius 2 is 2.06 bits per heavy atom. The molecule has 0 radical (unpaired) electrons. The lowest BCUT2D eigenvalue weighted by atomic mass is 10.2. The van der Waals surface area contributed by atoms with E-state index in [9.17, 15) is 27.3 Å². The second kappa shape index (κ2) is 4.47. The Labute approximate surface area is 98.4 Å². The number of halogens is 3. The van der Waals surface area contributed by atoms with Gasteiger partial charge in [-0.15, -0.1) is 0 Å². The highest BCUT2D eigenvalue weighted by atomic mass is 35.5. The van der Waals surface area contributed by atoms with Gasteiger partial charge in [0.15, 0.2) is 0 Å². The smallest absolute Gasteiger partial charge is 0.358 e. The largest absolute Gasteiger partial charge is 0.365 e. The monoisotopic (exact) mass is 287 g/mol. The first-order chi connectivity index (χ1) is 7.64. The van der Waals surface area contributed by atoms with Crippen molar-refractivity contribution in [1.29, 1.82) is 0 Å². The fraction of sp³-hybridized carbons (Fsp3) is 0.167. The molecule has 0 aliphatic carbocycles. The van der Waals surface area contributed by atoms with E-state index < -0.39 is 42.8 Å². The Balaban J connectivity index is 3.67. The zero-order valence-corrected chi connectivity index (χ0v) is 9.37. The standard InChI is InChI=1S/C6H4ClF2N3O4S/c7-4-2(5(8)9)1-3(12(13)14)11-6(4)17(10,15)16/h1,5H,(H2,10,15,16). The molecule has 94 valence electrons. The van der Waals surface area contributed by atoms with Crippen molar-refractivity contribution in [3.05, 3.63) is 26.8 Å². The third-order valence-corrected chi connectivity index (χ3v) is 2.98. The van der Waals surface area contributed by atoms with Gasteiger partial charge in [-0.05, 0) is 9.91 Å². The molecule has 0 aliphatic heterocycles. The third-order valence-electron chi connectivity index (χ3n) is 1.63. The first-order valence-corrected chi connectivity index (χ1v) is 5.72. The van der Waals surface area contributed by atoms with Crippen molar-refractivity contribution in [3.63, 3.8) is 0 Å². The predicted octanol–water partition coefficient (Wildman–Crippen LogP) is 1.23. The number of alkyl halides is 2. The maximum absolute atomic E-state index is 12.5. The number of aromatic nitrogens is 1. The topological polar surface area (TPSA) is 116 Å². The van der Waals surface area contributed by atoms with Crippen LogP contribution >= 0.6 is 11.6 Å². The number of nitrogens with two attached hydrogens (primary N) is 1. The lowest BCUT2D eigenvalue weighted by Crippen LogP contribution is -2.16. The quantitative estimate of drug-likeness (QED) is 0.663. The van der Waals surface area contributed by atoms with Crippen molar-refractivity contribution in [1.82, 2.24) is 4.98 Å². The number of nitrogens with zero attached hydrogens (tertiary/aromatic N) is 2. The van der Waals surface area contributed by atoms with E-state index in [4.69, 9.17) is 11.6 Å². The van der Waals surface area contributed by atoms with Crippen molar-refractivity contribution in [2.24, 2.45) is 5.14 Å². The first-order valence-electron chi connectivity index (χ1n) is 3.80. The highest BCUT2D eigenvalue weighted by Crippen LogP contribution is 2.33. The van der Waals surface area contributed by atoms with Crippen LogP contribution in [0.4, 0.5) is 14.6 Å². The molecule has 0 saturated carbocycles. The summed E-state index contributed by atoms with van der Waals surface area (Å²) < 4.78 is 46.9. The lowest BCUT2D eigenvalue weighted by molar-refractivity contribution is -0.390. The number of hydrogen-bond donors (Lipinski definition) is 1. The second-order valence-corrected chi connectivity index (χ2v) is 4.65. The number of rotatable bonds is 3. The molecule has 0 amide bonds. The molecular weight excluding hydrogens is 284 g/mol. The Morgan fingerprint density at radius 3 is 2.41 bits per heavy atom. The van der Waals surface area contributed by atoms with Gasteiger partial charge in [0.1, 0.15) is 5.02 Å². The first kappa shape index (κ1) is 13.7. The van der Waals surface area contributed by atoms with Crippen molar-refractivity contribution >= 4 is 27.4 Å². The predicted molar refractivity (Wildman–Crippen MR) is 52.2 cm³/mol. The van der Waals surface area contributed by atoms with E-state index in [0.717, 1.165) is 0 Å². The molecule has 0 aromatic carbocycles. The fourth-order valence-corrected chi connectivity index (χ4v) is 2.04. The van der Waals surface area contributed by atoms with Gasteiger partial charge >= 0.3 is 5.82 Å². The molecule has 0 fully saturated rings. The zero-order chi connectivity index (χ0) is 13.4. The SMILES string of the molecule is NS(=O)(=O)c1nc([N+](=O)[O-])cc(C(F)F)c1Cl. The maximum atomic E-state index is 12.5. The molecule has 0 aliphatic rings. The van der Waals surface area contributed by atoms with Crippen LogP contribution in [0.25, 0.3) is 0 Å². The summed E-state index contributed by atoms with van der Waals surface area (Å²) in [5, 5.41) is 13.0. The van der Waals surface area contributed by atoms with Gasteiger partial charge in [-0.1, -0.05) is 11.6 Å². The second-order valence-electron chi connectivity index (χ2n) is 2.79. The number of primary sulfonamides is 1. The van der Waals surface area contributed by atoms with Gasteiger partial charge in [-0.25, -0.2) is 22.3 Å². The van der Waals surface area contributed by atoms with Gasteiger partial charge in [-0.3, -0.25) is 0 Å². The summed E-state index contributed by atoms with van der Waals surface area (Å²) in [6, 6.07) is 0.391. The number of hydrogen-bond acceptors (Lipinski definition) is 5. The van der Waals surface area contributed by atoms with Crippen LogP contribution in [-0.4, -0.2) is 18.3 Å². The summed E-state index contributed by atoms with van der Waals surface area (Å²) in [6.07, 6.45) is -3.19. The van der Waals surface area contributed by atoms with Crippen molar-refractivity contribution in [2.45, 2.75) is 11.5 Å². The Kier molecular flexibility index (Phi) is 3.59. The molecule has 0 saturated heterocycles. The van der Waals surface area contributed by atoms with E-state index in [2.05, 4.69) is 10.1 Å². The van der Waals surface area contributed by atoms with Gasteiger partial charge < -0.3 is 10.1 Å². The summed E-state index contributed by atoms with van der Waals surface area (Å²) in [4.78, 5) is 12.3. The van der Waals surface area contributed by atoms with E-state index in [1.165, 1.54) is 0 Å². The van der Waals surface area contributed by atoms with Crippen molar-refractivity contribution < 1.29 is 22.1 Å². The molecule has 0 bridgehead atoms. The van der Waals surface area contributed by atoms with Crippen LogP contribution in [0.5, 0.6) is 0 Å². The average Bonchev–Trinajstić information content (AvgIpc) is 2.15. The van der Waals surface area contributed by atoms with Crippen LogP contribution in [-0.2, 0) is 10.0 Å². The highest BCUT2D eigenvalue weighted by molar-refractivity contribution is 7.89. The van der Waals surface area contributed by atoms with Crippen LogP contribution < -0.4 is 5.14 Å². The lowest BCUT2D eigenvalue weighted by Gasteiger charge is -2.04. The summed E-state index contributed by atoms with van der Waals surface area (Å²) >= 11 is 5.34. The summed E-state index contributed by atoms with van der Waals surface area (Å²) in [6.45, 7) is 0. The molecule has 1 aromatic heterocycles. The van der Waals surface area contributed by atoms with Gasteiger partial charge in [0, 0.05) is 6.07 Å². The van der Waals surface area contributed by atoms with E-state index in [1.807, 2.05) is 0 Å². The van der Waals surface area contributed by atoms with E-state index in [0.29, 0.717) is 6.07 Å². The molecule has 11 heteroatoms. The van der Waals surface area contributed by atoms with Crippen molar-refractivity contribution in [2.75, 3.05) is 0 Å². The molecule has 2 N–H and O–H groups in total. The molecule has 0 unspecified atom stereocenters. The molecular formula is C6H4ClF2N3O4S.